The topological polar surface area (TPSA) is 84.5 Å². The van der Waals surface area contributed by atoms with E-state index in [-0.39, 0.29) is 10.8 Å². The number of carbonyl (C=O) groups excluding carboxylic acids is 1. The number of benzene rings is 3. The Morgan fingerprint density at radius 3 is 2.30 bits per heavy atom. The SMILES string of the molecule is Cc1cccc(OCCNC(=O)c2ccc(NS(=O)(=O)c3ccccc3)cc2)c1C. The van der Waals surface area contributed by atoms with E-state index >= 15 is 0 Å². The van der Waals surface area contributed by atoms with Crippen molar-refractivity contribution in [3.63, 3.8) is 0 Å². The van der Waals surface area contributed by atoms with Gasteiger partial charge in [-0.15, -0.1) is 0 Å². The molecule has 0 saturated heterocycles. The van der Waals surface area contributed by atoms with Gasteiger partial charge in [-0.3, -0.25) is 9.52 Å². The molecule has 0 aliphatic rings. The van der Waals surface area contributed by atoms with Crippen LogP contribution in [0.25, 0.3) is 0 Å². The molecule has 2 N–H and O–H groups in total. The summed E-state index contributed by atoms with van der Waals surface area (Å²) in [6.07, 6.45) is 0. The molecule has 0 aliphatic carbocycles. The maximum Gasteiger partial charge on any atom is 0.261 e. The van der Waals surface area contributed by atoms with Crippen LogP contribution in [0, 0.1) is 13.8 Å². The average molecular weight is 425 g/mol. The van der Waals surface area contributed by atoms with E-state index < -0.39 is 10.0 Å². The van der Waals surface area contributed by atoms with Crippen LogP contribution in [-0.4, -0.2) is 27.5 Å². The molecule has 0 aliphatic heterocycles. The summed E-state index contributed by atoms with van der Waals surface area (Å²) in [5.41, 5.74) is 3.05. The van der Waals surface area contributed by atoms with E-state index in [9.17, 15) is 13.2 Å². The molecule has 156 valence electrons. The number of hydrogen-bond donors (Lipinski definition) is 2. The van der Waals surface area contributed by atoms with E-state index in [1.54, 1.807) is 42.5 Å². The fourth-order valence-electron chi connectivity index (χ4n) is 2.81. The maximum atomic E-state index is 12.4. The smallest absolute Gasteiger partial charge is 0.261 e. The number of amides is 1. The quantitative estimate of drug-likeness (QED) is 0.537. The van der Waals surface area contributed by atoms with Crippen LogP contribution >= 0.6 is 0 Å². The largest absolute Gasteiger partial charge is 0.491 e. The van der Waals surface area contributed by atoms with Gasteiger partial charge < -0.3 is 10.1 Å². The van der Waals surface area contributed by atoms with Crippen molar-refractivity contribution in [2.75, 3.05) is 17.9 Å². The zero-order valence-electron chi connectivity index (χ0n) is 16.9. The van der Waals surface area contributed by atoms with Crippen LogP contribution in [0.1, 0.15) is 21.5 Å². The highest BCUT2D eigenvalue weighted by atomic mass is 32.2. The van der Waals surface area contributed by atoms with Gasteiger partial charge in [0.25, 0.3) is 15.9 Å². The molecule has 30 heavy (non-hydrogen) atoms. The van der Waals surface area contributed by atoms with Crippen molar-refractivity contribution < 1.29 is 17.9 Å². The minimum atomic E-state index is -3.66. The Morgan fingerprint density at radius 2 is 1.60 bits per heavy atom. The normalized spacial score (nSPS) is 11.0. The molecule has 0 spiro atoms. The Labute approximate surface area is 177 Å². The maximum absolute atomic E-state index is 12.4. The van der Waals surface area contributed by atoms with E-state index in [1.807, 2.05) is 32.0 Å². The first-order valence-corrected chi connectivity index (χ1v) is 11.0. The zero-order valence-corrected chi connectivity index (χ0v) is 17.7. The van der Waals surface area contributed by atoms with Gasteiger partial charge in [0, 0.05) is 11.3 Å². The van der Waals surface area contributed by atoms with E-state index in [1.165, 1.54) is 12.1 Å². The monoisotopic (exact) mass is 424 g/mol. The number of rotatable bonds is 8. The molecular formula is C23H24N2O4S. The summed E-state index contributed by atoms with van der Waals surface area (Å²) in [6, 6.07) is 20.2. The van der Waals surface area contributed by atoms with Crippen LogP contribution in [0.5, 0.6) is 5.75 Å². The third kappa shape index (κ3) is 5.39. The molecule has 3 aromatic carbocycles. The van der Waals surface area contributed by atoms with E-state index in [4.69, 9.17) is 4.74 Å². The van der Waals surface area contributed by atoms with E-state index in [0.717, 1.165) is 16.9 Å². The Balaban J connectivity index is 1.52. The van der Waals surface area contributed by atoms with Crippen molar-refractivity contribution in [1.82, 2.24) is 5.32 Å². The van der Waals surface area contributed by atoms with Gasteiger partial charge in [0.15, 0.2) is 0 Å². The molecule has 1 amide bonds. The molecule has 0 bridgehead atoms. The minimum Gasteiger partial charge on any atom is -0.491 e. The predicted octanol–water partition coefficient (Wildman–Crippen LogP) is 3.91. The third-order valence-corrected chi connectivity index (χ3v) is 6.05. The van der Waals surface area contributed by atoms with Crippen LogP contribution in [0.3, 0.4) is 0 Å². The summed E-state index contributed by atoms with van der Waals surface area (Å²) in [5, 5.41) is 2.79. The number of ether oxygens (including phenoxy) is 1. The minimum absolute atomic E-state index is 0.177. The van der Waals surface area contributed by atoms with Crippen LogP contribution in [0.15, 0.2) is 77.7 Å². The average Bonchev–Trinajstić information content (AvgIpc) is 2.75. The fraction of sp³-hybridized carbons (Fsp3) is 0.174. The number of anilines is 1. The summed E-state index contributed by atoms with van der Waals surface area (Å²) >= 11 is 0. The van der Waals surface area contributed by atoms with Crippen molar-refractivity contribution in [1.29, 1.82) is 0 Å². The van der Waals surface area contributed by atoms with Crippen molar-refractivity contribution in [2.24, 2.45) is 0 Å². The Bertz CT molecular complexity index is 1110. The first kappa shape index (κ1) is 21.4. The first-order chi connectivity index (χ1) is 14.4. The predicted molar refractivity (Wildman–Crippen MR) is 117 cm³/mol. The lowest BCUT2D eigenvalue weighted by Gasteiger charge is -2.12. The van der Waals surface area contributed by atoms with E-state index in [0.29, 0.717) is 24.4 Å². The van der Waals surface area contributed by atoms with Gasteiger partial charge in [-0.05, 0) is 67.4 Å². The van der Waals surface area contributed by atoms with Gasteiger partial charge in [-0.1, -0.05) is 30.3 Å². The van der Waals surface area contributed by atoms with Crippen LogP contribution in [0.4, 0.5) is 5.69 Å². The molecule has 7 heteroatoms. The lowest BCUT2D eigenvalue weighted by Crippen LogP contribution is -2.28. The first-order valence-electron chi connectivity index (χ1n) is 9.52. The van der Waals surface area contributed by atoms with Gasteiger partial charge in [0.05, 0.1) is 11.4 Å². The zero-order chi connectivity index (χ0) is 21.6. The molecule has 0 fully saturated rings. The van der Waals surface area contributed by atoms with Crippen molar-refractivity contribution in [3.05, 3.63) is 89.5 Å². The van der Waals surface area contributed by atoms with Crippen molar-refractivity contribution >= 4 is 21.6 Å². The summed E-state index contributed by atoms with van der Waals surface area (Å²) in [4.78, 5) is 12.5. The van der Waals surface area contributed by atoms with Crippen LogP contribution in [-0.2, 0) is 10.0 Å². The second-order valence-corrected chi connectivity index (χ2v) is 8.48. The van der Waals surface area contributed by atoms with Crippen molar-refractivity contribution in [3.8, 4) is 5.75 Å². The second-order valence-electron chi connectivity index (χ2n) is 6.80. The number of carbonyl (C=O) groups is 1. The van der Waals surface area contributed by atoms with Crippen LogP contribution in [0.2, 0.25) is 0 Å². The van der Waals surface area contributed by atoms with Gasteiger partial charge in [-0.25, -0.2) is 8.42 Å². The lowest BCUT2D eigenvalue weighted by atomic mass is 10.1. The van der Waals surface area contributed by atoms with Gasteiger partial charge in [0.2, 0.25) is 0 Å². The van der Waals surface area contributed by atoms with E-state index in [2.05, 4.69) is 10.0 Å². The Hall–Kier alpha value is -3.32. The van der Waals surface area contributed by atoms with Crippen molar-refractivity contribution in [2.45, 2.75) is 18.7 Å². The molecule has 6 nitrogen and oxygen atoms in total. The third-order valence-electron chi connectivity index (χ3n) is 4.65. The fourth-order valence-corrected chi connectivity index (χ4v) is 3.89. The number of sulfonamides is 1. The summed E-state index contributed by atoms with van der Waals surface area (Å²) < 4.78 is 32.9. The van der Waals surface area contributed by atoms with Gasteiger partial charge in [0.1, 0.15) is 12.4 Å². The molecular weight excluding hydrogens is 400 g/mol. The number of aryl methyl sites for hydroxylation is 1. The molecule has 0 unspecified atom stereocenters. The highest BCUT2D eigenvalue weighted by Gasteiger charge is 2.14. The number of hydrogen-bond acceptors (Lipinski definition) is 4. The molecule has 0 atom stereocenters. The Kier molecular flexibility index (Phi) is 6.74. The molecule has 0 saturated carbocycles. The highest BCUT2D eigenvalue weighted by Crippen LogP contribution is 2.20. The molecule has 0 heterocycles. The Morgan fingerprint density at radius 1 is 0.900 bits per heavy atom. The molecule has 3 aromatic rings. The van der Waals surface area contributed by atoms with Crippen LogP contribution < -0.4 is 14.8 Å². The molecule has 0 radical (unpaired) electrons. The highest BCUT2D eigenvalue weighted by molar-refractivity contribution is 7.92. The molecule has 3 rings (SSSR count). The molecule has 0 aromatic heterocycles. The van der Waals surface area contributed by atoms with Gasteiger partial charge in [-0.2, -0.15) is 0 Å². The summed E-state index contributed by atoms with van der Waals surface area (Å²) in [7, 11) is -3.66. The standard InChI is InChI=1S/C23H24N2O4S/c1-17-7-6-10-22(18(17)2)29-16-15-24-23(26)19-11-13-20(14-12-19)25-30(27,28)21-8-4-3-5-9-21/h3-14,25H,15-16H2,1-2H3,(H,24,26). The second kappa shape index (κ2) is 9.45. The number of nitrogens with one attached hydrogen (secondary N) is 2. The lowest BCUT2D eigenvalue weighted by molar-refractivity contribution is 0.0947. The summed E-state index contributed by atoms with van der Waals surface area (Å²) in [6.45, 7) is 4.73. The van der Waals surface area contributed by atoms with Gasteiger partial charge >= 0.3 is 0 Å². The summed E-state index contributed by atoms with van der Waals surface area (Å²) in [5.74, 6) is 0.552.